The molecule has 0 fully saturated rings. The Morgan fingerprint density at radius 3 is 2.88 bits per heavy atom. The SMILES string of the molecule is Cc1ccc(OCc2ccco2)c(C(=O)O)c1. The third kappa shape index (κ3) is 2.66. The van der Waals surface area contributed by atoms with Gasteiger partial charge in [0.05, 0.1) is 6.26 Å². The Morgan fingerprint density at radius 1 is 1.41 bits per heavy atom. The Bertz CT molecular complexity index is 514. The first-order valence-corrected chi connectivity index (χ1v) is 5.16. The minimum Gasteiger partial charge on any atom is -0.485 e. The van der Waals surface area contributed by atoms with Gasteiger partial charge in [0, 0.05) is 0 Å². The highest BCUT2D eigenvalue weighted by molar-refractivity contribution is 5.91. The quantitative estimate of drug-likeness (QED) is 0.880. The second kappa shape index (κ2) is 4.74. The zero-order valence-electron chi connectivity index (χ0n) is 9.34. The molecule has 1 N–H and O–H groups in total. The normalized spacial score (nSPS) is 10.2. The highest BCUT2D eigenvalue weighted by Crippen LogP contribution is 2.21. The van der Waals surface area contributed by atoms with Crippen LogP contribution in [0.15, 0.2) is 41.0 Å². The van der Waals surface area contributed by atoms with Gasteiger partial charge in [0.25, 0.3) is 0 Å². The van der Waals surface area contributed by atoms with Crippen molar-refractivity contribution in [3.63, 3.8) is 0 Å². The number of aryl methyl sites for hydroxylation is 1. The van der Waals surface area contributed by atoms with E-state index < -0.39 is 5.97 Å². The standard InChI is InChI=1S/C13H12O4/c1-9-4-5-12(11(7-9)13(14)15)17-8-10-3-2-6-16-10/h2-7H,8H2,1H3,(H,14,15). The Kier molecular flexibility index (Phi) is 3.14. The van der Waals surface area contributed by atoms with E-state index in [0.717, 1.165) is 5.56 Å². The van der Waals surface area contributed by atoms with E-state index in [-0.39, 0.29) is 12.2 Å². The maximum absolute atomic E-state index is 11.0. The molecule has 1 aromatic carbocycles. The smallest absolute Gasteiger partial charge is 0.339 e. The number of rotatable bonds is 4. The molecule has 0 saturated heterocycles. The van der Waals surface area contributed by atoms with Gasteiger partial charge in [0.2, 0.25) is 0 Å². The molecule has 0 atom stereocenters. The number of carboxylic acid groups (broad SMARTS) is 1. The van der Waals surface area contributed by atoms with Crippen molar-refractivity contribution in [2.45, 2.75) is 13.5 Å². The van der Waals surface area contributed by atoms with Gasteiger partial charge in [-0.2, -0.15) is 0 Å². The summed E-state index contributed by atoms with van der Waals surface area (Å²) in [6.07, 6.45) is 1.55. The lowest BCUT2D eigenvalue weighted by Crippen LogP contribution is -2.03. The summed E-state index contributed by atoms with van der Waals surface area (Å²) in [7, 11) is 0. The van der Waals surface area contributed by atoms with Crippen molar-refractivity contribution in [2.24, 2.45) is 0 Å². The number of aromatic carboxylic acids is 1. The minimum atomic E-state index is -0.997. The van der Waals surface area contributed by atoms with Crippen LogP contribution in [0.2, 0.25) is 0 Å². The molecule has 2 rings (SSSR count). The van der Waals surface area contributed by atoms with Crippen LogP contribution < -0.4 is 4.74 Å². The van der Waals surface area contributed by atoms with E-state index >= 15 is 0 Å². The van der Waals surface area contributed by atoms with Crippen molar-refractivity contribution >= 4 is 5.97 Å². The van der Waals surface area contributed by atoms with Gasteiger partial charge in [-0.1, -0.05) is 11.6 Å². The number of ether oxygens (including phenoxy) is 1. The Labute approximate surface area is 98.4 Å². The molecular formula is C13H12O4. The highest BCUT2D eigenvalue weighted by Gasteiger charge is 2.11. The van der Waals surface area contributed by atoms with E-state index in [1.54, 1.807) is 30.5 Å². The van der Waals surface area contributed by atoms with Crippen molar-refractivity contribution in [3.8, 4) is 5.75 Å². The molecule has 0 saturated carbocycles. The molecule has 0 unspecified atom stereocenters. The maximum atomic E-state index is 11.0. The van der Waals surface area contributed by atoms with Gasteiger partial charge in [0.1, 0.15) is 23.7 Å². The van der Waals surface area contributed by atoms with E-state index in [0.29, 0.717) is 11.5 Å². The lowest BCUT2D eigenvalue weighted by atomic mass is 10.1. The molecule has 0 aliphatic carbocycles. The molecule has 0 bridgehead atoms. The average molecular weight is 232 g/mol. The molecule has 0 radical (unpaired) electrons. The zero-order valence-corrected chi connectivity index (χ0v) is 9.34. The van der Waals surface area contributed by atoms with Gasteiger partial charge in [-0.05, 0) is 31.2 Å². The van der Waals surface area contributed by atoms with Gasteiger partial charge >= 0.3 is 5.97 Å². The molecule has 17 heavy (non-hydrogen) atoms. The van der Waals surface area contributed by atoms with Crippen molar-refractivity contribution in [2.75, 3.05) is 0 Å². The lowest BCUT2D eigenvalue weighted by Gasteiger charge is -2.08. The summed E-state index contributed by atoms with van der Waals surface area (Å²) in [5.41, 5.74) is 1.05. The number of benzene rings is 1. The molecule has 88 valence electrons. The summed E-state index contributed by atoms with van der Waals surface area (Å²) in [5.74, 6) is 0.00422. The summed E-state index contributed by atoms with van der Waals surface area (Å²) in [5, 5.41) is 9.04. The third-order valence-corrected chi connectivity index (χ3v) is 2.32. The molecule has 4 heteroatoms. The number of hydrogen-bond acceptors (Lipinski definition) is 3. The van der Waals surface area contributed by atoms with Crippen molar-refractivity contribution < 1.29 is 19.1 Å². The topological polar surface area (TPSA) is 59.7 Å². The summed E-state index contributed by atoms with van der Waals surface area (Å²) >= 11 is 0. The van der Waals surface area contributed by atoms with E-state index in [1.165, 1.54) is 0 Å². The first kappa shape index (κ1) is 11.3. The number of hydrogen-bond donors (Lipinski definition) is 1. The predicted molar refractivity (Wildman–Crippen MR) is 61.2 cm³/mol. The minimum absolute atomic E-state index is 0.163. The molecule has 0 aliphatic rings. The molecular weight excluding hydrogens is 220 g/mol. The summed E-state index contributed by atoms with van der Waals surface area (Å²) in [6.45, 7) is 2.05. The van der Waals surface area contributed by atoms with Crippen LogP contribution >= 0.6 is 0 Å². The number of carboxylic acids is 1. The molecule has 0 aliphatic heterocycles. The molecule has 4 nitrogen and oxygen atoms in total. The Balaban J connectivity index is 2.17. The fraction of sp³-hybridized carbons (Fsp3) is 0.154. The van der Waals surface area contributed by atoms with Crippen molar-refractivity contribution in [1.82, 2.24) is 0 Å². The average Bonchev–Trinajstić information content (AvgIpc) is 2.80. The fourth-order valence-electron chi connectivity index (χ4n) is 1.48. The number of furan rings is 1. The predicted octanol–water partition coefficient (Wildman–Crippen LogP) is 2.87. The lowest BCUT2D eigenvalue weighted by molar-refractivity contribution is 0.0691. The van der Waals surface area contributed by atoms with Crippen LogP contribution in [0.3, 0.4) is 0 Å². The van der Waals surface area contributed by atoms with Crippen LogP contribution in [0.4, 0.5) is 0 Å². The van der Waals surface area contributed by atoms with Crippen LogP contribution in [0, 0.1) is 6.92 Å². The van der Waals surface area contributed by atoms with E-state index in [2.05, 4.69) is 0 Å². The summed E-state index contributed by atoms with van der Waals surface area (Å²) in [4.78, 5) is 11.0. The Hall–Kier alpha value is -2.23. The molecule has 0 amide bonds. The first-order valence-electron chi connectivity index (χ1n) is 5.16. The fourth-order valence-corrected chi connectivity index (χ4v) is 1.48. The van der Waals surface area contributed by atoms with Crippen LogP contribution in [0.25, 0.3) is 0 Å². The van der Waals surface area contributed by atoms with Crippen LogP contribution in [-0.4, -0.2) is 11.1 Å². The molecule has 2 aromatic rings. The highest BCUT2D eigenvalue weighted by atomic mass is 16.5. The van der Waals surface area contributed by atoms with E-state index in [9.17, 15) is 4.79 Å². The van der Waals surface area contributed by atoms with Gasteiger partial charge in [-0.25, -0.2) is 4.79 Å². The second-order valence-corrected chi connectivity index (χ2v) is 3.67. The first-order chi connectivity index (χ1) is 8.16. The zero-order chi connectivity index (χ0) is 12.3. The number of carbonyl (C=O) groups is 1. The van der Waals surface area contributed by atoms with Crippen molar-refractivity contribution in [1.29, 1.82) is 0 Å². The second-order valence-electron chi connectivity index (χ2n) is 3.67. The third-order valence-electron chi connectivity index (χ3n) is 2.32. The largest absolute Gasteiger partial charge is 0.485 e. The van der Waals surface area contributed by atoms with Gasteiger partial charge in [-0.3, -0.25) is 0 Å². The van der Waals surface area contributed by atoms with Crippen molar-refractivity contribution in [3.05, 3.63) is 53.5 Å². The summed E-state index contributed by atoms with van der Waals surface area (Å²) < 4.78 is 10.5. The van der Waals surface area contributed by atoms with Gasteiger partial charge in [0.15, 0.2) is 0 Å². The molecule has 1 heterocycles. The van der Waals surface area contributed by atoms with Gasteiger partial charge in [-0.15, -0.1) is 0 Å². The van der Waals surface area contributed by atoms with Crippen LogP contribution in [0.5, 0.6) is 5.75 Å². The molecule has 0 spiro atoms. The molecule has 1 aromatic heterocycles. The van der Waals surface area contributed by atoms with Gasteiger partial charge < -0.3 is 14.3 Å². The van der Waals surface area contributed by atoms with E-state index in [4.69, 9.17) is 14.3 Å². The maximum Gasteiger partial charge on any atom is 0.339 e. The van der Waals surface area contributed by atoms with Crippen LogP contribution in [-0.2, 0) is 6.61 Å². The van der Waals surface area contributed by atoms with Crippen LogP contribution in [0.1, 0.15) is 21.7 Å². The Morgan fingerprint density at radius 2 is 2.24 bits per heavy atom. The monoisotopic (exact) mass is 232 g/mol. The van der Waals surface area contributed by atoms with E-state index in [1.807, 2.05) is 13.0 Å². The summed E-state index contributed by atoms with van der Waals surface area (Å²) in [6, 6.07) is 8.58.